The second-order valence-electron chi connectivity index (χ2n) is 9.82. The van der Waals surface area contributed by atoms with Crippen LogP contribution in [-0.2, 0) is 14.3 Å². The number of amides is 3. The van der Waals surface area contributed by atoms with Crippen molar-refractivity contribution in [3.8, 4) is 12.3 Å². The van der Waals surface area contributed by atoms with Gasteiger partial charge in [-0.05, 0) is 57.4 Å². The van der Waals surface area contributed by atoms with Crippen LogP contribution in [0.5, 0.6) is 0 Å². The molecule has 0 aromatic heterocycles. The van der Waals surface area contributed by atoms with Crippen molar-refractivity contribution in [2.24, 2.45) is 0 Å². The van der Waals surface area contributed by atoms with Gasteiger partial charge in [0, 0.05) is 17.9 Å². The Labute approximate surface area is 236 Å². The molecule has 0 heterocycles. The SMILES string of the molecule is C#Cc1ccccc1C(C(=O)Nc1c(C)cccc1Cl)N(CCCC)C(=O)C(CS)NC(=O)OC(C)(C)C. The van der Waals surface area contributed by atoms with Crippen molar-refractivity contribution in [3.63, 3.8) is 0 Å². The lowest BCUT2D eigenvalue weighted by Crippen LogP contribution is -2.53. The molecule has 9 heteroatoms. The first kappa shape index (κ1) is 31.1. The molecule has 0 saturated heterocycles. The highest BCUT2D eigenvalue weighted by molar-refractivity contribution is 7.80. The summed E-state index contributed by atoms with van der Waals surface area (Å²) in [4.78, 5) is 41.8. The van der Waals surface area contributed by atoms with Crippen LogP contribution in [-0.4, -0.2) is 46.7 Å². The van der Waals surface area contributed by atoms with Crippen LogP contribution in [0.2, 0.25) is 5.02 Å². The van der Waals surface area contributed by atoms with Crippen LogP contribution < -0.4 is 10.6 Å². The highest BCUT2D eigenvalue weighted by atomic mass is 35.5. The molecule has 0 spiro atoms. The number of halogens is 1. The number of carbonyl (C=O) groups excluding carboxylic acids is 3. The van der Waals surface area contributed by atoms with Crippen LogP contribution in [0.3, 0.4) is 0 Å². The third-order valence-electron chi connectivity index (χ3n) is 5.65. The van der Waals surface area contributed by atoms with E-state index >= 15 is 0 Å². The summed E-state index contributed by atoms with van der Waals surface area (Å²) in [6.45, 7) is 9.24. The molecule has 0 saturated carbocycles. The van der Waals surface area contributed by atoms with Crippen LogP contribution in [0.1, 0.15) is 63.3 Å². The van der Waals surface area contributed by atoms with Crippen LogP contribution in [0.25, 0.3) is 0 Å². The number of unbranched alkanes of at least 4 members (excludes halogenated alkanes) is 1. The number of alkyl carbamates (subject to hydrolysis) is 1. The zero-order valence-corrected chi connectivity index (χ0v) is 24.2. The van der Waals surface area contributed by atoms with Crippen LogP contribution in [0, 0.1) is 19.3 Å². The molecule has 2 unspecified atom stereocenters. The Kier molecular flexibility index (Phi) is 11.6. The van der Waals surface area contributed by atoms with E-state index in [4.69, 9.17) is 22.8 Å². The third-order valence-corrected chi connectivity index (χ3v) is 6.33. The van der Waals surface area contributed by atoms with Gasteiger partial charge in [0.25, 0.3) is 5.91 Å². The van der Waals surface area contributed by atoms with Crippen LogP contribution >= 0.6 is 24.2 Å². The van der Waals surface area contributed by atoms with Gasteiger partial charge in [0.15, 0.2) is 0 Å². The van der Waals surface area contributed by atoms with E-state index in [1.807, 2.05) is 19.9 Å². The summed E-state index contributed by atoms with van der Waals surface area (Å²) in [5.41, 5.74) is 1.41. The number of hydrogen-bond acceptors (Lipinski definition) is 5. The lowest BCUT2D eigenvalue weighted by molar-refractivity contribution is -0.140. The maximum absolute atomic E-state index is 14.0. The highest BCUT2D eigenvalue weighted by Gasteiger charge is 2.37. The highest BCUT2D eigenvalue weighted by Crippen LogP contribution is 2.31. The minimum absolute atomic E-state index is 0.00452. The average molecular weight is 558 g/mol. The quantitative estimate of drug-likeness (QED) is 0.256. The molecule has 204 valence electrons. The number of para-hydroxylation sites is 1. The molecule has 0 radical (unpaired) electrons. The Balaban J connectivity index is 2.57. The second-order valence-corrected chi connectivity index (χ2v) is 10.6. The second kappa shape index (κ2) is 14.1. The Morgan fingerprint density at radius 3 is 2.42 bits per heavy atom. The lowest BCUT2D eigenvalue weighted by Gasteiger charge is -2.34. The molecule has 38 heavy (non-hydrogen) atoms. The first-order chi connectivity index (χ1) is 17.9. The van der Waals surface area contributed by atoms with Gasteiger partial charge in [-0.1, -0.05) is 61.2 Å². The molecule has 2 atom stereocenters. The predicted molar refractivity (Wildman–Crippen MR) is 156 cm³/mol. The lowest BCUT2D eigenvalue weighted by atomic mass is 9.97. The number of carbonyl (C=O) groups is 3. The molecular formula is C29H36ClN3O4S. The van der Waals surface area contributed by atoms with Gasteiger partial charge < -0.3 is 20.3 Å². The van der Waals surface area contributed by atoms with Gasteiger partial charge in [-0.25, -0.2) is 4.79 Å². The van der Waals surface area contributed by atoms with Gasteiger partial charge in [0.2, 0.25) is 5.91 Å². The maximum Gasteiger partial charge on any atom is 0.408 e. The fourth-order valence-corrected chi connectivity index (χ4v) is 4.35. The molecule has 0 bridgehead atoms. The summed E-state index contributed by atoms with van der Waals surface area (Å²) in [5.74, 6) is 1.65. The summed E-state index contributed by atoms with van der Waals surface area (Å²) >= 11 is 10.7. The first-order valence-corrected chi connectivity index (χ1v) is 13.5. The molecule has 0 fully saturated rings. The summed E-state index contributed by atoms with van der Waals surface area (Å²) in [7, 11) is 0. The fraction of sp³-hybridized carbons (Fsp3) is 0.414. The van der Waals surface area contributed by atoms with Crippen LogP contribution in [0.15, 0.2) is 42.5 Å². The monoisotopic (exact) mass is 557 g/mol. The topological polar surface area (TPSA) is 87.7 Å². The Morgan fingerprint density at radius 2 is 1.84 bits per heavy atom. The minimum atomic E-state index is -1.10. The van der Waals surface area contributed by atoms with Crippen molar-refractivity contribution in [1.82, 2.24) is 10.2 Å². The Hall–Kier alpha value is -3.15. The average Bonchev–Trinajstić information content (AvgIpc) is 2.85. The van der Waals surface area contributed by atoms with Gasteiger partial charge >= 0.3 is 6.09 Å². The molecular weight excluding hydrogens is 522 g/mol. The minimum Gasteiger partial charge on any atom is -0.444 e. The molecule has 3 amide bonds. The van der Waals surface area contributed by atoms with E-state index in [-0.39, 0.29) is 12.3 Å². The standard InChI is InChI=1S/C29H36ClN3O4S/c1-7-9-17-33(27(35)23(18-38)31-28(36)37-29(4,5)6)25(21-15-11-10-14-20(21)8-2)26(34)32-24-19(3)13-12-16-22(24)30/h2,10-16,23,25,38H,7,9,17-18H2,1,3-6H3,(H,31,36)(H,32,34). The van der Waals surface area contributed by atoms with Gasteiger partial charge in [0.1, 0.15) is 17.7 Å². The summed E-state index contributed by atoms with van der Waals surface area (Å²) in [5, 5.41) is 5.87. The van der Waals surface area contributed by atoms with Gasteiger partial charge in [-0.2, -0.15) is 12.6 Å². The number of ether oxygens (including phenoxy) is 1. The van der Waals surface area contributed by atoms with Crippen molar-refractivity contribution in [3.05, 3.63) is 64.2 Å². The van der Waals surface area contributed by atoms with Gasteiger partial charge in [0.05, 0.1) is 10.7 Å². The van der Waals surface area contributed by atoms with E-state index in [0.717, 1.165) is 12.0 Å². The largest absolute Gasteiger partial charge is 0.444 e. The summed E-state index contributed by atoms with van der Waals surface area (Å²) < 4.78 is 5.34. The van der Waals surface area contributed by atoms with Crippen molar-refractivity contribution < 1.29 is 19.1 Å². The van der Waals surface area contributed by atoms with E-state index in [0.29, 0.717) is 28.3 Å². The summed E-state index contributed by atoms with van der Waals surface area (Å²) in [6.07, 6.45) is 6.41. The van der Waals surface area contributed by atoms with E-state index in [9.17, 15) is 14.4 Å². The molecule has 2 rings (SSSR count). The number of hydrogen-bond donors (Lipinski definition) is 3. The van der Waals surface area contributed by atoms with Crippen molar-refractivity contribution >= 4 is 47.8 Å². The van der Waals surface area contributed by atoms with Gasteiger partial charge in [-0.15, -0.1) is 6.42 Å². The molecule has 7 nitrogen and oxygen atoms in total. The number of aryl methyl sites for hydroxylation is 1. The van der Waals surface area contributed by atoms with E-state index in [2.05, 4.69) is 29.2 Å². The number of nitrogens with zero attached hydrogens (tertiary/aromatic N) is 1. The molecule has 2 aromatic carbocycles. The number of terminal acetylenes is 1. The van der Waals surface area contributed by atoms with Crippen molar-refractivity contribution in [1.29, 1.82) is 0 Å². The van der Waals surface area contributed by atoms with E-state index in [1.54, 1.807) is 57.2 Å². The normalized spacial score (nSPS) is 12.6. The zero-order chi connectivity index (χ0) is 28.5. The zero-order valence-electron chi connectivity index (χ0n) is 22.5. The Bertz CT molecular complexity index is 1170. The molecule has 0 aliphatic rings. The third kappa shape index (κ3) is 8.44. The van der Waals surface area contributed by atoms with Crippen molar-refractivity contribution in [2.45, 2.75) is 65.1 Å². The smallest absolute Gasteiger partial charge is 0.408 e. The molecule has 2 aromatic rings. The van der Waals surface area contributed by atoms with E-state index in [1.165, 1.54) is 4.90 Å². The number of nitrogens with one attached hydrogen (secondary N) is 2. The summed E-state index contributed by atoms with van der Waals surface area (Å²) in [6, 6.07) is 10.1. The molecule has 0 aliphatic heterocycles. The number of anilines is 1. The molecule has 0 aliphatic carbocycles. The maximum atomic E-state index is 14.0. The van der Waals surface area contributed by atoms with E-state index < -0.39 is 35.6 Å². The Morgan fingerprint density at radius 1 is 1.16 bits per heavy atom. The van der Waals surface area contributed by atoms with Crippen molar-refractivity contribution in [2.75, 3.05) is 17.6 Å². The van der Waals surface area contributed by atoms with Gasteiger partial charge in [-0.3, -0.25) is 9.59 Å². The fourth-order valence-electron chi connectivity index (χ4n) is 3.83. The number of rotatable bonds is 10. The number of benzene rings is 2. The first-order valence-electron chi connectivity index (χ1n) is 12.5. The number of thiol groups is 1. The van der Waals surface area contributed by atoms with Crippen LogP contribution in [0.4, 0.5) is 10.5 Å². The predicted octanol–water partition coefficient (Wildman–Crippen LogP) is 5.76. The molecule has 2 N–H and O–H groups in total.